The fourth-order valence-corrected chi connectivity index (χ4v) is 4.44. The summed E-state index contributed by atoms with van der Waals surface area (Å²) in [5, 5.41) is 21.5. The third-order valence-corrected chi connectivity index (χ3v) is 5.96. The maximum Gasteiger partial charge on any atom is 0.281 e. The van der Waals surface area contributed by atoms with E-state index < -0.39 is 20.5 Å². The van der Waals surface area contributed by atoms with E-state index in [1.807, 2.05) is 67.6 Å². The van der Waals surface area contributed by atoms with Crippen molar-refractivity contribution in [2.45, 2.75) is 24.8 Å². The maximum absolute atomic E-state index is 10.7. The average molecular weight is 345 g/mol. The molecule has 2 unspecified atom stereocenters. The predicted octanol–water partition coefficient (Wildman–Crippen LogP) is 2.97. The molecule has 0 amide bonds. The van der Waals surface area contributed by atoms with E-state index in [0.29, 0.717) is 19.8 Å². The van der Waals surface area contributed by atoms with E-state index in [-0.39, 0.29) is 0 Å². The van der Waals surface area contributed by atoms with E-state index in [4.69, 9.17) is 9.16 Å². The van der Waals surface area contributed by atoms with Crippen LogP contribution in [0.4, 0.5) is 0 Å². The highest BCUT2D eigenvalue weighted by Gasteiger charge is 2.33. The lowest BCUT2D eigenvalue weighted by Gasteiger charge is -2.26. The molecule has 0 aliphatic carbocycles. The Bertz CT molecular complexity index is 519. The second-order valence-corrected chi connectivity index (χ2v) is 7.61. The molecule has 0 aromatic heterocycles. The van der Waals surface area contributed by atoms with Crippen LogP contribution in [0, 0.1) is 0 Å². The fourth-order valence-electron chi connectivity index (χ4n) is 2.40. The van der Waals surface area contributed by atoms with E-state index in [1.54, 1.807) is 0 Å². The summed E-state index contributed by atoms with van der Waals surface area (Å²) in [6.07, 6.45) is 0.741. The quantitative estimate of drug-likeness (QED) is 0.513. The summed E-state index contributed by atoms with van der Waals surface area (Å²) in [6.45, 7) is 3.71. The summed E-state index contributed by atoms with van der Waals surface area (Å²) in [5.74, 6) is 0. The molecule has 24 heavy (non-hydrogen) atoms. The second-order valence-electron chi connectivity index (χ2n) is 5.43. The molecule has 5 heteroatoms. The Morgan fingerprint density at radius 1 is 0.833 bits per heavy atom. The van der Waals surface area contributed by atoms with Crippen LogP contribution < -0.4 is 0 Å². The van der Waals surface area contributed by atoms with E-state index >= 15 is 0 Å². The maximum atomic E-state index is 10.7. The summed E-state index contributed by atoms with van der Waals surface area (Å²) in [5.41, 5.74) is -0.0747. The van der Waals surface area contributed by atoms with E-state index in [1.165, 1.54) is 0 Å². The van der Waals surface area contributed by atoms with Crippen LogP contribution in [0.1, 0.15) is 35.9 Å². The van der Waals surface area contributed by atoms with E-state index in [9.17, 15) is 10.2 Å². The van der Waals surface area contributed by atoms with Crippen molar-refractivity contribution < 1.29 is 19.4 Å². The molecule has 1 radical (unpaired) electrons. The molecule has 0 bridgehead atoms. The molecule has 2 atom stereocenters. The highest BCUT2D eigenvalue weighted by Crippen LogP contribution is 2.26. The molecule has 0 aliphatic heterocycles. The zero-order chi connectivity index (χ0) is 17.2. The van der Waals surface area contributed by atoms with Gasteiger partial charge in [-0.15, -0.1) is 0 Å². The van der Waals surface area contributed by atoms with Crippen LogP contribution in [0.5, 0.6) is 0 Å². The predicted molar refractivity (Wildman–Crippen MR) is 95.6 cm³/mol. The largest absolute Gasteiger partial charge is 0.411 e. The smallest absolute Gasteiger partial charge is 0.281 e. The Balaban J connectivity index is 2.08. The number of benzene rings is 2. The third kappa shape index (κ3) is 5.54. The number of aliphatic hydroxyl groups is 2. The van der Waals surface area contributed by atoms with Gasteiger partial charge in [-0.05, 0) is 24.5 Å². The van der Waals surface area contributed by atoms with Crippen molar-refractivity contribution in [3.63, 3.8) is 0 Å². The standard InChI is InChI=1S/C19H25O4Si/c1-2-22-14-9-15-23-24(18(20)16-10-5-3-6-11-16)19(21)17-12-7-4-8-13-17/h3-8,10-13,18-21H,2,9,14-15H2,1H3. The van der Waals surface area contributed by atoms with E-state index in [2.05, 4.69) is 0 Å². The van der Waals surface area contributed by atoms with Crippen LogP contribution >= 0.6 is 0 Å². The van der Waals surface area contributed by atoms with Crippen molar-refractivity contribution >= 4 is 9.04 Å². The fraction of sp³-hybridized carbons (Fsp3) is 0.368. The summed E-state index contributed by atoms with van der Waals surface area (Å²) in [6, 6.07) is 18.7. The topological polar surface area (TPSA) is 58.9 Å². The minimum Gasteiger partial charge on any atom is -0.411 e. The lowest BCUT2D eigenvalue weighted by molar-refractivity contribution is 0.116. The molecule has 2 aromatic carbocycles. The minimum absolute atomic E-state index is 0.460. The summed E-state index contributed by atoms with van der Waals surface area (Å²) < 4.78 is 11.3. The van der Waals surface area contributed by atoms with Crippen molar-refractivity contribution in [1.29, 1.82) is 0 Å². The first-order valence-electron chi connectivity index (χ1n) is 8.27. The van der Waals surface area contributed by atoms with Crippen LogP contribution in [0.15, 0.2) is 60.7 Å². The van der Waals surface area contributed by atoms with Gasteiger partial charge < -0.3 is 19.4 Å². The number of rotatable bonds is 10. The number of aliphatic hydroxyl groups excluding tert-OH is 2. The molecule has 4 nitrogen and oxygen atoms in total. The molecular formula is C19H25O4Si. The molecule has 0 saturated carbocycles. The molecule has 129 valence electrons. The van der Waals surface area contributed by atoms with Crippen LogP contribution in [0.3, 0.4) is 0 Å². The monoisotopic (exact) mass is 345 g/mol. The van der Waals surface area contributed by atoms with Gasteiger partial charge in [-0.2, -0.15) is 0 Å². The number of hydrogen-bond acceptors (Lipinski definition) is 4. The molecule has 2 rings (SSSR count). The van der Waals surface area contributed by atoms with Gasteiger partial charge in [0.2, 0.25) is 0 Å². The Kier molecular flexibility index (Phi) is 8.14. The van der Waals surface area contributed by atoms with Gasteiger partial charge in [0.25, 0.3) is 9.04 Å². The van der Waals surface area contributed by atoms with Crippen molar-refractivity contribution in [2.24, 2.45) is 0 Å². The summed E-state index contributed by atoms with van der Waals surface area (Å²) in [7, 11) is -1.94. The lowest BCUT2D eigenvalue weighted by atomic mass is 10.2. The molecule has 0 spiro atoms. The van der Waals surface area contributed by atoms with Crippen LogP contribution in [0.2, 0.25) is 0 Å². The average Bonchev–Trinajstić information content (AvgIpc) is 2.65. The van der Waals surface area contributed by atoms with Gasteiger partial charge in [0.1, 0.15) is 0 Å². The van der Waals surface area contributed by atoms with Gasteiger partial charge in [0.05, 0.1) is 11.5 Å². The first-order chi connectivity index (χ1) is 11.7. The first kappa shape index (κ1) is 18.8. The number of ether oxygens (including phenoxy) is 1. The van der Waals surface area contributed by atoms with Crippen molar-refractivity contribution in [3.8, 4) is 0 Å². The first-order valence-corrected chi connectivity index (χ1v) is 9.83. The third-order valence-electron chi connectivity index (χ3n) is 3.68. The van der Waals surface area contributed by atoms with Crippen molar-refractivity contribution in [1.82, 2.24) is 0 Å². The lowest BCUT2D eigenvalue weighted by Crippen LogP contribution is -2.35. The van der Waals surface area contributed by atoms with Gasteiger partial charge in [0.15, 0.2) is 0 Å². The van der Waals surface area contributed by atoms with Gasteiger partial charge in [-0.25, -0.2) is 0 Å². The zero-order valence-electron chi connectivity index (χ0n) is 14.0. The van der Waals surface area contributed by atoms with Gasteiger partial charge in [-0.3, -0.25) is 0 Å². The molecule has 0 saturated heterocycles. The van der Waals surface area contributed by atoms with Crippen molar-refractivity contribution in [2.75, 3.05) is 19.8 Å². The summed E-state index contributed by atoms with van der Waals surface area (Å²) in [4.78, 5) is 0. The van der Waals surface area contributed by atoms with Crippen LogP contribution in [-0.4, -0.2) is 39.1 Å². The van der Waals surface area contributed by atoms with Crippen LogP contribution in [0.25, 0.3) is 0 Å². The summed E-state index contributed by atoms with van der Waals surface area (Å²) >= 11 is 0. The second kappa shape index (κ2) is 10.4. The zero-order valence-corrected chi connectivity index (χ0v) is 15.0. The van der Waals surface area contributed by atoms with Gasteiger partial charge in [0, 0.05) is 19.8 Å². The Hall–Kier alpha value is -1.50. The molecule has 2 aromatic rings. The van der Waals surface area contributed by atoms with Crippen molar-refractivity contribution in [3.05, 3.63) is 71.8 Å². The molecule has 0 fully saturated rings. The Morgan fingerprint density at radius 2 is 1.33 bits per heavy atom. The molecule has 0 aliphatic rings. The minimum atomic E-state index is -1.94. The highest BCUT2D eigenvalue weighted by molar-refractivity contribution is 6.54. The highest BCUT2D eigenvalue weighted by atomic mass is 28.3. The Labute approximate surface area is 145 Å². The Morgan fingerprint density at radius 3 is 1.79 bits per heavy atom. The normalized spacial score (nSPS) is 13.8. The van der Waals surface area contributed by atoms with Gasteiger partial charge >= 0.3 is 0 Å². The van der Waals surface area contributed by atoms with Crippen LogP contribution in [-0.2, 0) is 9.16 Å². The van der Waals surface area contributed by atoms with E-state index in [0.717, 1.165) is 17.5 Å². The number of hydrogen-bond donors (Lipinski definition) is 2. The SMILES string of the molecule is CCOCCCO[Si](C(O)c1ccccc1)C(O)c1ccccc1. The molecule has 2 N–H and O–H groups in total. The molecular weight excluding hydrogens is 320 g/mol. The van der Waals surface area contributed by atoms with Gasteiger partial charge in [-0.1, -0.05) is 60.7 Å². The molecule has 0 heterocycles.